The molecule has 0 fully saturated rings. The van der Waals surface area contributed by atoms with Crippen LogP contribution in [0.4, 0.5) is 0 Å². The lowest BCUT2D eigenvalue weighted by atomic mass is 9.93. The lowest BCUT2D eigenvalue weighted by Gasteiger charge is -2.18. The van der Waals surface area contributed by atoms with E-state index in [0.29, 0.717) is 6.42 Å². The van der Waals surface area contributed by atoms with Crippen LogP contribution in [0.25, 0.3) is 27.8 Å². The van der Waals surface area contributed by atoms with E-state index in [-0.39, 0.29) is 6.04 Å². The molecule has 3 heteroatoms. The van der Waals surface area contributed by atoms with Gasteiger partial charge in [0, 0.05) is 24.6 Å². The Bertz CT molecular complexity index is 1990. The Balaban J connectivity index is 1.38. The second-order valence-corrected chi connectivity index (χ2v) is 14.0. The highest BCUT2D eigenvalue weighted by atomic mass is 15.1. The van der Waals surface area contributed by atoms with Crippen LogP contribution in [0.2, 0.25) is 0 Å². The average Bonchev–Trinajstić information content (AvgIpc) is 3.57. The van der Waals surface area contributed by atoms with Crippen molar-refractivity contribution in [1.29, 1.82) is 0 Å². The topological polar surface area (TPSA) is 36.8 Å². The van der Waals surface area contributed by atoms with Gasteiger partial charge < -0.3 is 5.32 Å². The third-order valence-corrected chi connectivity index (χ3v) is 10.1. The van der Waals surface area contributed by atoms with Gasteiger partial charge in [-0.1, -0.05) is 134 Å². The Hall–Kier alpha value is -5.02. The fourth-order valence-corrected chi connectivity index (χ4v) is 7.54. The number of hydrogen-bond donors (Lipinski definition) is 1. The zero-order valence-electron chi connectivity index (χ0n) is 31.7. The SMILES string of the molecule is C/C=C\C(=C/CC1=NCC/C=C\CCCC(C)N=C(c2cccc3c2-c2cccc(-c4ccc(C(/C=C\C)=C/CC)cc4)c2C3)N1)C1=CCCC=C1. The largest absolute Gasteiger partial charge is 0.328 e. The highest BCUT2D eigenvalue weighted by Gasteiger charge is 2.26. The average molecular weight is 686 g/mol. The summed E-state index contributed by atoms with van der Waals surface area (Å²) in [5, 5.41) is 3.84. The van der Waals surface area contributed by atoms with Crippen molar-refractivity contribution in [2.24, 2.45) is 9.98 Å². The molecular weight excluding hydrogens is 631 g/mol. The first-order chi connectivity index (χ1) is 25.6. The van der Waals surface area contributed by atoms with Crippen molar-refractivity contribution in [3.63, 3.8) is 0 Å². The summed E-state index contributed by atoms with van der Waals surface area (Å²) in [7, 11) is 0. The molecule has 3 aromatic carbocycles. The van der Waals surface area contributed by atoms with Crippen LogP contribution >= 0.6 is 0 Å². The summed E-state index contributed by atoms with van der Waals surface area (Å²) < 4.78 is 0. The number of allylic oxidation sites excluding steroid dienone is 12. The molecule has 0 bridgehead atoms. The summed E-state index contributed by atoms with van der Waals surface area (Å²) in [5.41, 5.74) is 14.1. The fourth-order valence-electron chi connectivity index (χ4n) is 7.54. The first-order valence-corrected chi connectivity index (χ1v) is 19.5. The molecule has 0 aromatic heterocycles. The van der Waals surface area contributed by atoms with Gasteiger partial charge in [-0.2, -0.15) is 0 Å². The predicted molar refractivity (Wildman–Crippen MR) is 226 cm³/mol. The molecule has 0 radical (unpaired) electrons. The first-order valence-electron chi connectivity index (χ1n) is 19.5. The van der Waals surface area contributed by atoms with E-state index < -0.39 is 0 Å². The molecule has 266 valence electrons. The van der Waals surface area contributed by atoms with E-state index >= 15 is 0 Å². The molecule has 0 saturated heterocycles. The number of fused-ring (bicyclic) bond motifs is 3. The molecule has 52 heavy (non-hydrogen) atoms. The molecule has 0 saturated carbocycles. The lowest BCUT2D eigenvalue weighted by Crippen LogP contribution is -2.33. The monoisotopic (exact) mass is 685 g/mol. The molecule has 3 aromatic rings. The number of nitrogens with one attached hydrogen (secondary N) is 1. The van der Waals surface area contributed by atoms with Crippen LogP contribution in [0, 0.1) is 0 Å². The molecule has 1 heterocycles. The maximum atomic E-state index is 5.43. The van der Waals surface area contributed by atoms with E-state index in [9.17, 15) is 0 Å². The summed E-state index contributed by atoms with van der Waals surface area (Å²) in [5.74, 6) is 1.88. The summed E-state index contributed by atoms with van der Waals surface area (Å²) in [4.78, 5) is 10.6. The molecule has 0 spiro atoms. The molecule has 1 atom stereocenters. The van der Waals surface area contributed by atoms with Crippen LogP contribution in [0.1, 0.15) is 101 Å². The Morgan fingerprint density at radius 1 is 0.808 bits per heavy atom. The first kappa shape index (κ1) is 36.8. The molecular formula is C49H55N3. The van der Waals surface area contributed by atoms with Crippen molar-refractivity contribution in [3.8, 4) is 22.3 Å². The Kier molecular flexibility index (Phi) is 13.1. The Morgan fingerprint density at radius 2 is 1.58 bits per heavy atom. The van der Waals surface area contributed by atoms with Crippen LogP contribution < -0.4 is 5.32 Å². The van der Waals surface area contributed by atoms with E-state index in [2.05, 4.69) is 161 Å². The molecule has 3 nitrogen and oxygen atoms in total. The zero-order chi connectivity index (χ0) is 36.1. The van der Waals surface area contributed by atoms with Gasteiger partial charge in [0.25, 0.3) is 0 Å². The van der Waals surface area contributed by atoms with Crippen LogP contribution in [0.15, 0.2) is 149 Å². The van der Waals surface area contributed by atoms with E-state index in [1.807, 2.05) is 0 Å². The van der Waals surface area contributed by atoms with Crippen molar-refractivity contribution in [2.45, 2.75) is 91.5 Å². The molecule has 6 rings (SSSR count). The van der Waals surface area contributed by atoms with Gasteiger partial charge in [-0.25, -0.2) is 0 Å². The number of benzene rings is 3. The third-order valence-electron chi connectivity index (χ3n) is 10.1. The minimum absolute atomic E-state index is 0.181. The van der Waals surface area contributed by atoms with Gasteiger partial charge in [0.15, 0.2) is 0 Å². The molecule has 1 unspecified atom stereocenters. The minimum Gasteiger partial charge on any atom is -0.328 e. The summed E-state index contributed by atoms with van der Waals surface area (Å²) >= 11 is 0. The van der Waals surface area contributed by atoms with Gasteiger partial charge in [0.2, 0.25) is 0 Å². The van der Waals surface area contributed by atoms with E-state index in [0.717, 1.165) is 75.1 Å². The van der Waals surface area contributed by atoms with Gasteiger partial charge in [0.1, 0.15) is 11.7 Å². The molecule has 1 N–H and O–H groups in total. The van der Waals surface area contributed by atoms with Crippen molar-refractivity contribution in [3.05, 3.63) is 161 Å². The highest BCUT2D eigenvalue weighted by Crippen LogP contribution is 2.43. The van der Waals surface area contributed by atoms with Gasteiger partial charge in [-0.3, -0.25) is 9.98 Å². The summed E-state index contributed by atoms with van der Waals surface area (Å²) in [6.45, 7) is 9.37. The van der Waals surface area contributed by atoms with Gasteiger partial charge in [0.05, 0.1) is 0 Å². The van der Waals surface area contributed by atoms with Gasteiger partial charge >= 0.3 is 0 Å². The van der Waals surface area contributed by atoms with E-state index in [1.54, 1.807) is 0 Å². The number of aliphatic imine (C=N–C) groups is 2. The third kappa shape index (κ3) is 9.06. The number of hydrogen-bond acceptors (Lipinski definition) is 3. The van der Waals surface area contributed by atoms with Crippen molar-refractivity contribution in [2.75, 3.05) is 6.54 Å². The molecule has 3 aliphatic rings. The zero-order valence-corrected chi connectivity index (χ0v) is 31.7. The Morgan fingerprint density at radius 3 is 2.37 bits per heavy atom. The number of rotatable bonds is 9. The van der Waals surface area contributed by atoms with Gasteiger partial charge in [-0.05, 0) is 128 Å². The maximum absolute atomic E-state index is 5.43. The van der Waals surface area contributed by atoms with Crippen LogP contribution in [0.3, 0.4) is 0 Å². The number of nitrogens with zero attached hydrogens (tertiary/aromatic N) is 2. The van der Waals surface area contributed by atoms with Crippen molar-refractivity contribution >= 4 is 17.2 Å². The number of amidine groups is 2. The normalized spacial score (nSPS) is 19.2. The van der Waals surface area contributed by atoms with E-state index in [4.69, 9.17) is 9.98 Å². The minimum atomic E-state index is 0.181. The maximum Gasteiger partial charge on any atom is 0.134 e. The van der Waals surface area contributed by atoms with Crippen molar-refractivity contribution in [1.82, 2.24) is 5.32 Å². The van der Waals surface area contributed by atoms with Crippen LogP contribution in [-0.2, 0) is 6.42 Å². The Labute approximate surface area is 312 Å². The highest BCUT2D eigenvalue weighted by molar-refractivity contribution is 6.14. The molecule has 1 aliphatic heterocycles. The predicted octanol–water partition coefficient (Wildman–Crippen LogP) is 12.7. The lowest BCUT2D eigenvalue weighted by molar-refractivity contribution is 0.631. The molecule has 0 amide bonds. The van der Waals surface area contributed by atoms with E-state index in [1.165, 1.54) is 55.7 Å². The second-order valence-electron chi connectivity index (χ2n) is 14.0. The summed E-state index contributed by atoms with van der Waals surface area (Å²) in [6, 6.07) is 22.9. The van der Waals surface area contributed by atoms with Crippen LogP contribution in [0.5, 0.6) is 0 Å². The molecule has 2 aliphatic carbocycles. The van der Waals surface area contributed by atoms with Crippen molar-refractivity contribution < 1.29 is 0 Å². The quantitative estimate of drug-likeness (QED) is 0.138. The smallest absolute Gasteiger partial charge is 0.134 e. The fraction of sp³-hybridized carbons (Fsp3) is 0.306. The summed E-state index contributed by atoms with van der Waals surface area (Å²) in [6.07, 6.45) is 33.8. The van der Waals surface area contributed by atoms with Crippen LogP contribution in [-0.4, -0.2) is 24.3 Å². The van der Waals surface area contributed by atoms with Gasteiger partial charge in [-0.15, -0.1) is 0 Å². The second kappa shape index (κ2) is 18.5. The standard InChI is InChI=1S/C49H55N3/c1-5-18-37(19-6-2)40-28-30-41(31-29-40)43-25-17-26-44-46(43)35-42-24-16-27-45(48(42)44)49-51-36(4)21-12-9-8-10-15-34-50-47(52-49)33-32-38(20-7-3)39-22-13-11-14-23-39/h5,7-8,10,13,16-20,22-32,36H,6,9,11-12,14-15,21,33-35H2,1-4H3,(H,50,51,52)/b10-8-,18-5-,20-7-,37-19+,38-32+.